The molecule has 110 valence electrons. The van der Waals surface area contributed by atoms with Gasteiger partial charge in [-0.1, -0.05) is 12.1 Å². The van der Waals surface area contributed by atoms with E-state index in [0.717, 1.165) is 11.3 Å². The maximum absolute atomic E-state index is 11.9. The molecule has 0 aromatic heterocycles. The first-order valence-electron chi connectivity index (χ1n) is 6.63. The summed E-state index contributed by atoms with van der Waals surface area (Å²) in [5.74, 6) is 0.737. The molecule has 0 radical (unpaired) electrons. The minimum atomic E-state index is -0.310. The minimum Gasteiger partial charge on any atom is -0.497 e. The lowest BCUT2D eigenvalue weighted by Crippen LogP contribution is -2.19. The molecule has 0 bridgehead atoms. The molecular weight excluding hydrogens is 268 g/mol. The molecule has 5 heteroatoms. The average molecular weight is 286 g/mol. The summed E-state index contributed by atoms with van der Waals surface area (Å²) < 4.78 is 5.05. The highest BCUT2D eigenvalue weighted by Crippen LogP contribution is 2.16. The Morgan fingerprint density at radius 2 is 1.52 bits per heavy atom. The number of aliphatic hydroxyl groups excluding tert-OH is 1. The summed E-state index contributed by atoms with van der Waals surface area (Å²) in [4.78, 5) is 11.9. The van der Waals surface area contributed by atoms with Gasteiger partial charge in [-0.25, -0.2) is 4.79 Å². The molecule has 2 aromatic carbocycles. The van der Waals surface area contributed by atoms with Crippen LogP contribution in [0.2, 0.25) is 0 Å². The van der Waals surface area contributed by atoms with E-state index in [4.69, 9.17) is 9.84 Å². The van der Waals surface area contributed by atoms with Crippen LogP contribution < -0.4 is 15.4 Å². The Kier molecular flexibility index (Phi) is 5.17. The molecule has 0 unspecified atom stereocenters. The van der Waals surface area contributed by atoms with E-state index >= 15 is 0 Å². The van der Waals surface area contributed by atoms with E-state index in [0.29, 0.717) is 17.8 Å². The number of methoxy groups -OCH3 is 1. The molecule has 5 nitrogen and oxygen atoms in total. The van der Waals surface area contributed by atoms with Crippen LogP contribution in [-0.2, 0) is 6.42 Å². The van der Waals surface area contributed by atoms with E-state index in [1.54, 1.807) is 43.5 Å². The van der Waals surface area contributed by atoms with Crippen molar-refractivity contribution >= 4 is 17.4 Å². The summed E-state index contributed by atoms with van der Waals surface area (Å²) in [6, 6.07) is 14.1. The third-order valence-corrected chi connectivity index (χ3v) is 2.96. The Morgan fingerprint density at radius 1 is 1.00 bits per heavy atom. The van der Waals surface area contributed by atoms with E-state index in [-0.39, 0.29) is 12.6 Å². The van der Waals surface area contributed by atoms with Crippen molar-refractivity contribution in [1.82, 2.24) is 0 Å². The fourth-order valence-corrected chi connectivity index (χ4v) is 1.85. The van der Waals surface area contributed by atoms with Crippen molar-refractivity contribution < 1.29 is 14.6 Å². The molecule has 0 atom stereocenters. The van der Waals surface area contributed by atoms with Crippen LogP contribution in [0.3, 0.4) is 0 Å². The topological polar surface area (TPSA) is 70.6 Å². The fraction of sp³-hybridized carbons (Fsp3) is 0.188. The summed E-state index contributed by atoms with van der Waals surface area (Å²) in [7, 11) is 1.59. The van der Waals surface area contributed by atoms with Crippen LogP contribution in [0.15, 0.2) is 48.5 Å². The second kappa shape index (κ2) is 7.31. The fourth-order valence-electron chi connectivity index (χ4n) is 1.85. The highest BCUT2D eigenvalue weighted by atomic mass is 16.5. The molecule has 2 amide bonds. The van der Waals surface area contributed by atoms with Crippen LogP contribution in [0, 0.1) is 0 Å². The first-order valence-corrected chi connectivity index (χ1v) is 6.63. The van der Waals surface area contributed by atoms with Crippen molar-refractivity contribution in [1.29, 1.82) is 0 Å². The van der Waals surface area contributed by atoms with Crippen LogP contribution in [0.1, 0.15) is 5.56 Å². The van der Waals surface area contributed by atoms with Gasteiger partial charge in [-0.2, -0.15) is 0 Å². The van der Waals surface area contributed by atoms with E-state index in [9.17, 15) is 4.79 Å². The summed E-state index contributed by atoms with van der Waals surface area (Å²) >= 11 is 0. The maximum Gasteiger partial charge on any atom is 0.323 e. The van der Waals surface area contributed by atoms with Crippen molar-refractivity contribution in [2.75, 3.05) is 24.4 Å². The summed E-state index contributed by atoms with van der Waals surface area (Å²) in [5, 5.41) is 14.3. The van der Waals surface area contributed by atoms with Crippen LogP contribution in [0.25, 0.3) is 0 Å². The van der Waals surface area contributed by atoms with Gasteiger partial charge in [-0.15, -0.1) is 0 Å². The quantitative estimate of drug-likeness (QED) is 0.791. The number of carbonyl (C=O) groups excluding carboxylic acids is 1. The number of urea groups is 1. The standard InChI is InChI=1S/C16H18N2O3/c1-21-15-8-6-14(7-9-15)18-16(20)17-13-4-2-12(3-5-13)10-11-19/h2-9,19H,10-11H2,1H3,(H2,17,18,20). The van der Waals surface area contributed by atoms with E-state index in [1.807, 2.05) is 12.1 Å². The highest BCUT2D eigenvalue weighted by molar-refractivity contribution is 5.99. The maximum atomic E-state index is 11.9. The number of benzene rings is 2. The SMILES string of the molecule is COc1ccc(NC(=O)Nc2ccc(CCO)cc2)cc1. The molecule has 3 N–H and O–H groups in total. The van der Waals surface area contributed by atoms with E-state index < -0.39 is 0 Å². The van der Waals surface area contributed by atoms with Crippen molar-refractivity contribution in [2.24, 2.45) is 0 Å². The van der Waals surface area contributed by atoms with E-state index in [2.05, 4.69) is 10.6 Å². The number of anilines is 2. The summed E-state index contributed by atoms with van der Waals surface area (Å²) in [6.45, 7) is 0.116. The van der Waals surface area contributed by atoms with Crippen LogP contribution >= 0.6 is 0 Å². The van der Waals surface area contributed by atoms with Gasteiger partial charge in [0.15, 0.2) is 0 Å². The predicted octanol–water partition coefficient (Wildman–Crippen LogP) is 2.87. The van der Waals surface area contributed by atoms with Crippen molar-refractivity contribution in [3.8, 4) is 5.75 Å². The number of amides is 2. The minimum absolute atomic E-state index is 0.116. The van der Waals surface area contributed by atoms with Crippen LogP contribution in [0.4, 0.5) is 16.2 Å². The van der Waals surface area contributed by atoms with Crippen molar-refractivity contribution in [2.45, 2.75) is 6.42 Å². The van der Waals surface area contributed by atoms with Gasteiger partial charge in [0.2, 0.25) is 0 Å². The summed E-state index contributed by atoms with van der Waals surface area (Å²) in [5.41, 5.74) is 2.41. The second-order valence-corrected chi connectivity index (χ2v) is 4.48. The molecule has 21 heavy (non-hydrogen) atoms. The zero-order valence-corrected chi connectivity index (χ0v) is 11.8. The number of carbonyl (C=O) groups is 1. The third kappa shape index (κ3) is 4.50. The number of aliphatic hydroxyl groups is 1. The zero-order valence-electron chi connectivity index (χ0n) is 11.8. The zero-order chi connectivity index (χ0) is 15.1. The number of hydrogen-bond acceptors (Lipinski definition) is 3. The Balaban J connectivity index is 1.91. The van der Waals surface area contributed by atoms with Crippen LogP contribution in [0.5, 0.6) is 5.75 Å². The average Bonchev–Trinajstić information content (AvgIpc) is 2.50. The lowest BCUT2D eigenvalue weighted by atomic mass is 10.1. The monoisotopic (exact) mass is 286 g/mol. The lowest BCUT2D eigenvalue weighted by molar-refractivity contribution is 0.262. The molecule has 0 saturated heterocycles. The number of hydrogen-bond donors (Lipinski definition) is 3. The van der Waals surface area contributed by atoms with Gasteiger partial charge in [0.05, 0.1) is 7.11 Å². The molecule has 0 fully saturated rings. The molecule has 0 spiro atoms. The van der Waals surface area contributed by atoms with Gasteiger partial charge in [0.25, 0.3) is 0 Å². The number of nitrogens with one attached hydrogen (secondary N) is 2. The van der Waals surface area contributed by atoms with Crippen molar-refractivity contribution in [3.05, 3.63) is 54.1 Å². The Bertz CT molecular complexity index is 579. The Labute approximate surface area is 123 Å². The molecule has 0 heterocycles. The molecule has 0 aliphatic rings. The molecule has 2 rings (SSSR count). The normalized spacial score (nSPS) is 10.0. The molecular formula is C16H18N2O3. The highest BCUT2D eigenvalue weighted by Gasteiger charge is 2.03. The first-order chi connectivity index (χ1) is 10.2. The molecule has 0 aliphatic carbocycles. The van der Waals surface area contributed by atoms with Crippen molar-refractivity contribution in [3.63, 3.8) is 0 Å². The Morgan fingerprint density at radius 3 is 2.00 bits per heavy atom. The number of ether oxygens (including phenoxy) is 1. The smallest absolute Gasteiger partial charge is 0.323 e. The lowest BCUT2D eigenvalue weighted by Gasteiger charge is -2.09. The van der Waals surface area contributed by atoms with Gasteiger partial charge in [-0.05, 0) is 48.4 Å². The van der Waals surface area contributed by atoms with Crippen LogP contribution in [-0.4, -0.2) is 24.9 Å². The van der Waals surface area contributed by atoms with Gasteiger partial charge in [0.1, 0.15) is 5.75 Å². The predicted molar refractivity (Wildman–Crippen MR) is 82.9 cm³/mol. The molecule has 2 aromatic rings. The largest absolute Gasteiger partial charge is 0.497 e. The summed E-state index contributed by atoms with van der Waals surface area (Å²) in [6.07, 6.45) is 0.609. The Hall–Kier alpha value is -2.53. The number of rotatable bonds is 5. The third-order valence-electron chi connectivity index (χ3n) is 2.96. The molecule has 0 aliphatic heterocycles. The van der Waals surface area contributed by atoms with E-state index in [1.165, 1.54) is 0 Å². The van der Waals surface area contributed by atoms with Gasteiger partial charge in [0, 0.05) is 18.0 Å². The second-order valence-electron chi connectivity index (χ2n) is 4.48. The van der Waals surface area contributed by atoms with Gasteiger partial charge >= 0.3 is 6.03 Å². The first kappa shape index (κ1) is 14.9. The van der Waals surface area contributed by atoms with Gasteiger partial charge in [-0.3, -0.25) is 0 Å². The van der Waals surface area contributed by atoms with Gasteiger partial charge < -0.3 is 20.5 Å². The molecule has 0 saturated carbocycles.